The van der Waals surface area contributed by atoms with Crippen LogP contribution >= 0.6 is 0 Å². The number of aryl methyl sites for hydroxylation is 1. The minimum Gasteiger partial charge on any atom is -0.341 e. The smallest absolute Gasteiger partial charge is 0.241 e. The van der Waals surface area contributed by atoms with E-state index in [9.17, 15) is 14.4 Å². The van der Waals surface area contributed by atoms with Crippen LogP contribution in [-0.2, 0) is 26.3 Å². The van der Waals surface area contributed by atoms with Gasteiger partial charge in [-0.3, -0.25) is 19.3 Å². The molecule has 190 valence electrons. The zero-order valence-corrected chi connectivity index (χ0v) is 21.0. The topological polar surface area (TPSA) is 86.7 Å². The molecule has 2 aliphatic rings. The second-order valence-electron chi connectivity index (χ2n) is 9.79. The summed E-state index contributed by atoms with van der Waals surface area (Å²) in [6.07, 6.45) is 4.16. The Morgan fingerprint density at radius 1 is 0.892 bits per heavy atom. The first kappa shape index (κ1) is 24.6. The average molecular weight is 498 g/mol. The third kappa shape index (κ3) is 4.96. The monoisotopic (exact) mass is 497 g/mol. The predicted molar refractivity (Wildman–Crippen MR) is 140 cm³/mol. The van der Waals surface area contributed by atoms with Crippen LogP contribution < -0.4 is 4.90 Å². The van der Waals surface area contributed by atoms with Crippen molar-refractivity contribution in [1.82, 2.24) is 19.8 Å². The zero-order valence-electron chi connectivity index (χ0n) is 21.0. The Morgan fingerprint density at radius 3 is 2.38 bits per heavy atom. The van der Waals surface area contributed by atoms with Crippen LogP contribution in [-0.4, -0.2) is 63.7 Å². The van der Waals surface area contributed by atoms with Gasteiger partial charge in [-0.2, -0.15) is 0 Å². The fraction of sp³-hybridized carbons (Fsp3) is 0.345. The molecule has 3 heterocycles. The number of likely N-dealkylation sites (tertiary alicyclic amines) is 1. The number of nitrogens with zero attached hydrogens (tertiary/aromatic N) is 5. The standard InChI is InChI=1S/C29H31N5O3/c1-22-9-5-6-12-24(22)29(20-26(36)34(27(29)37)21-23-10-3-2-4-11-23)19-25(35)32-15-8-16-33(18-17-32)28-30-13-7-14-31-28/h2-7,9-14H,8,15-21H2,1H3/t29-/m0/s1. The van der Waals surface area contributed by atoms with Crippen LogP contribution in [0.15, 0.2) is 73.1 Å². The van der Waals surface area contributed by atoms with Gasteiger partial charge >= 0.3 is 0 Å². The lowest BCUT2D eigenvalue weighted by atomic mass is 9.74. The van der Waals surface area contributed by atoms with Gasteiger partial charge in [0.25, 0.3) is 0 Å². The molecule has 8 heteroatoms. The van der Waals surface area contributed by atoms with Crippen molar-refractivity contribution >= 4 is 23.7 Å². The van der Waals surface area contributed by atoms with Crippen LogP contribution in [0.2, 0.25) is 0 Å². The van der Waals surface area contributed by atoms with Crippen molar-refractivity contribution in [2.45, 2.75) is 38.1 Å². The number of imide groups is 1. The molecule has 3 amide bonds. The van der Waals surface area contributed by atoms with Gasteiger partial charge < -0.3 is 9.80 Å². The van der Waals surface area contributed by atoms with Gasteiger partial charge in [-0.1, -0.05) is 54.6 Å². The Morgan fingerprint density at radius 2 is 1.62 bits per heavy atom. The maximum Gasteiger partial charge on any atom is 0.241 e. The van der Waals surface area contributed by atoms with Crippen LogP contribution in [0.1, 0.15) is 36.0 Å². The van der Waals surface area contributed by atoms with Crippen LogP contribution in [0, 0.1) is 6.92 Å². The second kappa shape index (κ2) is 10.5. The molecule has 1 aromatic heterocycles. The van der Waals surface area contributed by atoms with Crippen LogP contribution in [0.5, 0.6) is 0 Å². The summed E-state index contributed by atoms with van der Waals surface area (Å²) in [4.78, 5) is 54.9. The third-order valence-electron chi connectivity index (χ3n) is 7.39. The highest BCUT2D eigenvalue weighted by Crippen LogP contribution is 2.42. The lowest BCUT2D eigenvalue weighted by Gasteiger charge is -2.31. The molecule has 0 radical (unpaired) electrons. The molecule has 5 rings (SSSR count). The molecule has 0 aliphatic carbocycles. The largest absolute Gasteiger partial charge is 0.341 e. The number of amides is 3. The van der Waals surface area contributed by atoms with E-state index in [1.807, 2.05) is 66.4 Å². The van der Waals surface area contributed by atoms with Crippen molar-refractivity contribution in [3.63, 3.8) is 0 Å². The fourth-order valence-corrected chi connectivity index (χ4v) is 5.47. The molecule has 1 atom stereocenters. The van der Waals surface area contributed by atoms with E-state index < -0.39 is 5.41 Å². The van der Waals surface area contributed by atoms with Crippen molar-refractivity contribution in [2.75, 3.05) is 31.1 Å². The molecular formula is C29H31N5O3. The van der Waals surface area contributed by atoms with Gasteiger partial charge in [-0.15, -0.1) is 0 Å². The Labute approximate surface area is 216 Å². The summed E-state index contributed by atoms with van der Waals surface area (Å²) < 4.78 is 0. The number of aromatic nitrogens is 2. The summed E-state index contributed by atoms with van der Waals surface area (Å²) in [6.45, 7) is 4.59. The zero-order chi connectivity index (χ0) is 25.8. The number of carbonyl (C=O) groups is 3. The van der Waals surface area contributed by atoms with Crippen LogP contribution in [0.25, 0.3) is 0 Å². The quantitative estimate of drug-likeness (QED) is 0.487. The minimum absolute atomic E-state index is 0.00686. The number of anilines is 1. The molecule has 37 heavy (non-hydrogen) atoms. The fourth-order valence-electron chi connectivity index (χ4n) is 5.47. The molecule has 0 N–H and O–H groups in total. The molecule has 2 aromatic carbocycles. The van der Waals surface area contributed by atoms with Crippen molar-refractivity contribution in [2.24, 2.45) is 0 Å². The van der Waals surface area contributed by atoms with E-state index in [2.05, 4.69) is 14.9 Å². The summed E-state index contributed by atoms with van der Waals surface area (Å²) >= 11 is 0. The number of hydrogen-bond donors (Lipinski definition) is 0. The predicted octanol–water partition coefficient (Wildman–Crippen LogP) is 3.11. The summed E-state index contributed by atoms with van der Waals surface area (Å²) in [7, 11) is 0. The summed E-state index contributed by atoms with van der Waals surface area (Å²) in [5.74, 6) is 0.00871. The first-order valence-electron chi connectivity index (χ1n) is 12.7. The maximum absolute atomic E-state index is 14.0. The van der Waals surface area contributed by atoms with Crippen molar-refractivity contribution in [1.29, 1.82) is 0 Å². The molecule has 0 bridgehead atoms. The molecule has 2 aliphatic heterocycles. The lowest BCUT2D eigenvalue weighted by molar-refractivity contribution is -0.143. The van der Waals surface area contributed by atoms with E-state index in [0.717, 1.165) is 29.7 Å². The van der Waals surface area contributed by atoms with Crippen molar-refractivity contribution in [3.8, 4) is 0 Å². The van der Waals surface area contributed by atoms with Gasteiger partial charge in [0.1, 0.15) is 0 Å². The molecule has 2 saturated heterocycles. The number of carbonyl (C=O) groups excluding carboxylic acids is 3. The summed E-state index contributed by atoms with van der Waals surface area (Å²) in [5.41, 5.74) is 1.34. The number of benzene rings is 2. The molecular weight excluding hydrogens is 466 g/mol. The Hall–Kier alpha value is -4.07. The van der Waals surface area contributed by atoms with Crippen LogP contribution in [0.3, 0.4) is 0 Å². The summed E-state index contributed by atoms with van der Waals surface area (Å²) in [6, 6.07) is 18.9. The van der Waals surface area contributed by atoms with Gasteiger partial charge in [0, 0.05) is 51.4 Å². The Balaban J connectivity index is 1.40. The average Bonchev–Trinajstić information content (AvgIpc) is 3.08. The molecule has 3 aromatic rings. The maximum atomic E-state index is 14.0. The van der Waals surface area contributed by atoms with Crippen LogP contribution in [0.4, 0.5) is 5.95 Å². The molecule has 2 fully saturated rings. The molecule has 0 spiro atoms. The van der Waals surface area contributed by atoms with Gasteiger partial charge in [-0.05, 0) is 36.1 Å². The highest BCUT2D eigenvalue weighted by molar-refractivity contribution is 6.10. The first-order valence-corrected chi connectivity index (χ1v) is 12.7. The van der Waals surface area contributed by atoms with Gasteiger partial charge in [-0.25, -0.2) is 9.97 Å². The normalized spacial score (nSPS) is 20.3. The Kier molecular flexibility index (Phi) is 6.99. The highest BCUT2D eigenvalue weighted by Gasteiger charge is 2.54. The number of hydrogen-bond acceptors (Lipinski definition) is 6. The van der Waals surface area contributed by atoms with E-state index in [0.29, 0.717) is 25.6 Å². The van der Waals surface area contributed by atoms with Crippen molar-refractivity contribution < 1.29 is 14.4 Å². The van der Waals surface area contributed by atoms with E-state index in [-0.39, 0.29) is 37.1 Å². The van der Waals surface area contributed by atoms with E-state index in [1.54, 1.807) is 18.5 Å². The molecule has 0 saturated carbocycles. The minimum atomic E-state index is -1.21. The second-order valence-corrected chi connectivity index (χ2v) is 9.79. The first-order chi connectivity index (χ1) is 18.0. The van der Waals surface area contributed by atoms with E-state index in [4.69, 9.17) is 0 Å². The third-order valence-corrected chi connectivity index (χ3v) is 7.39. The van der Waals surface area contributed by atoms with E-state index in [1.165, 1.54) is 4.90 Å². The van der Waals surface area contributed by atoms with E-state index >= 15 is 0 Å². The molecule has 0 unspecified atom stereocenters. The van der Waals surface area contributed by atoms with Gasteiger partial charge in [0.2, 0.25) is 23.7 Å². The number of rotatable bonds is 6. The van der Waals surface area contributed by atoms with Crippen molar-refractivity contribution in [3.05, 3.63) is 89.7 Å². The van der Waals surface area contributed by atoms with Gasteiger partial charge in [0.15, 0.2) is 0 Å². The highest BCUT2D eigenvalue weighted by atomic mass is 16.2. The summed E-state index contributed by atoms with van der Waals surface area (Å²) in [5, 5.41) is 0. The molecule has 8 nitrogen and oxygen atoms in total. The van der Waals surface area contributed by atoms with Gasteiger partial charge in [0.05, 0.1) is 12.0 Å². The Bertz CT molecular complexity index is 1280. The lowest BCUT2D eigenvalue weighted by Crippen LogP contribution is -2.44. The SMILES string of the molecule is Cc1ccccc1[C@]1(CC(=O)N2CCCN(c3ncccn3)CC2)CC(=O)N(Cc2ccccc2)C1=O.